The maximum absolute atomic E-state index is 12.6. The number of carbonyl (C=O) groups is 1. The molecule has 1 heterocycles. The van der Waals surface area contributed by atoms with Crippen LogP contribution in [0.1, 0.15) is 25.3 Å². The van der Waals surface area contributed by atoms with Crippen LogP contribution in [0.5, 0.6) is 11.5 Å². The average molecular weight is 463 g/mol. The Morgan fingerprint density at radius 2 is 1.75 bits per heavy atom. The van der Waals surface area contributed by atoms with Crippen molar-refractivity contribution in [3.63, 3.8) is 0 Å². The van der Waals surface area contributed by atoms with Crippen LogP contribution in [0.2, 0.25) is 0 Å². The van der Waals surface area contributed by atoms with Gasteiger partial charge in [0.15, 0.2) is 6.61 Å². The SMILES string of the molecule is CC(C)c1ccccc1OCC(=O)NCCOc1ccc(S(=O)(=O)N2CCOCC2)cc1. The van der Waals surface area contributed by atoms with Crippen LogP contribution in [0.25, 0.3) is 0 Å². The molecule has 8 nitrogen and oxygen atoms in total. The van der Waals surface area contributed by atoms with Gasteiger partial charge in [0.05, 0.1) is 24.7 Å². The summed E-state index contributed by atoms with van der Waals surface area (Å²) in [5.41, 5.74) is 1.06. The highest BCUT2D eigenvalue weighted by Crippen LogP contribution is 2.25. The summed E-state index contributed by atoms with van der Waals surface area (Å²) >= 11 is 0. The highest BCUT2D eigenvalue weighted by molar-refractivity contribution is 7.89. The topological polar surface area (TPSA) is 94.2 Å². The highest BCUT2D eigenvalue weighted by Gasteiger charge is 2.26. The number of ether oxygens (including phenoxy) is 3. The molecule has 3 rings (SSSR count). The van der Waals surface area contributed by atoms with Crippen molar-refractivity contribution in [2.45, 2.75) is 24.7 Å². The van der Waals surface area contributed by atoms with Crippen LogP contribution in [-0.2, 0) is 19.6 Å². The first-order chi connectivity index (χ1) is 15.4. The molecule has 0 aromatic heterocycles. The Hall–Kier alpha value is -2.62. The highest BCUT2D eigenvalue weighted by atomic mass is 32.2. The first-order valence-electron chi connectivity index (χ1n) is 10.7. The van der Waals surface area contributed by atoms with Crippen molar-refractivity contribution in [1.82, 2.24) is 9.62 Å². The van der Waals surface area contributed by atoms with Gasteiger partial charge in [-0.3, -0.25) is 4.79 Å². The molecule has 0 spiro atoms. The van der Waals surface area contributed by atoms with E-state index in [4.69, 9.17) is 14.2 Å². The van der Waals surface area contributed by atoms with Crippen molar-refractivity contribution in [2.24, 2.45) is 0 Å². The number of nitrogens with one attached hydrogen (secondary N) is 1. The van der Waals surface area contributed by atoms with Crippen molar-refractivity contribution < 1.29 is 27.4 Å². The second-order valence-corrected chi connectivity index (χ2v) is 9.61. The van der Waals surface area contributed by atoms with Gasteiger partial charge in [0, 0.05) is 13.1 Å². The minimum Gasteiger partial charge on any atom is -0.492 e. The first kappa shape index (κ1) is 24.0. The molecule has 1 aliphatic rings. The molecule has 9 heteroatoms. The fraction of sp³-hybridized carbons (Fsp3) is 0.435. The van der Waals surface area contributed by atoms with Crippen molar-refractivity contribution in [3.8, 4) is 11.5 Å². The van der Waals surface area contributed by atoms with Gasteiger partial charge in [-0.05, 0) is 41.8 Å². The van der Waals surface area contributed by atoms with Crippen molar-refractivity contribution in [1.29, 1.82) is 0 Å². The monoisotopic (exact) mass is 462 g/mol. The number of morpholine rings is 1. The van der Waals surface area contributed by atoms with E-state index in [0.717, 1.165) is 5.56 Å². The number of amides is 1. The molecule has 1 amide bonds. The van der Waals surface area contributed by atoms with Crippen LogP contribution < -0.4 is 14.8 Å². The molecule has 174 valence electrons. The zero-order valence-corrected chi connectivity index (χ0v) is 19.3. The van der Waals surface area contributed by atoms with Crippen molar-refractivity contribution in [2.75, 3.05) is 46.1 Å². The molecule has 0 aliphatic carbocycles. The number of nitrogens with zero attached hydrogens (tertiary/aromatic N) is 1. The molecule has 0 atom stereocenters. The average Bonchev–Trinajstić information content (AvgIpc) is 2.81. The normalized spacial score (nSPS) is 14.8. The number of carbonyl (C=O) groups excluding carboxylic acids is 1. The molecule has 1 aliphatic heterocycles. The quantitative estimate of drug-likeness (QED) is 0.545. The van der Waals surface area contributed by atoms with Gasteiger partial charge < -0.3 is 19.5 Å². The second kappa shape index (κ2) is 11.3. The Labute approximate surface area is 189 Å². The second-order valence-electron chi connectivity index (χ2n) is 7.67. The van der Waals surface area contributed by atoms with Gasteiger partial charge in [-0.25, -0.2) is 8.42 Å². The Balaban J connectivity index is 1.40. The molecular weight excluding hydrogens is 432 g/mol. The molecule has 2 aromatic carbocycles. The number of hydrogen-bond donors (Lipinski definition) is 1. The van der Waals surface area contributed by atoms with E-state index in [1.165, 1.54) is 16.4 Å². The molecule has 0 bridgehead atoms. The number of sulfonamides is 1. The lowest BCUT2D eigenvalue weighted by atomic mass is 10.0. The van der Waals surface area contributed by atoms with Crippen molar-refractivity contribution >= 4 is 15.9 Å². The lowest BCUT2D eigenvalue weighted by Gasteiger charge is -2.26. The molecule has 2 aromatic rings. The molecule has 0 saturated carbocycles. The predicted molar refractivity (Wildman–Crippen MR) is 121 cm³/mol. The van der Waals surface area contributed by atoms with Gasteiger partial charge >= 0.3 is 0 Å². The maximum Gasteiger partial charge on any atom is 0.258 e. The predicted octanol–water partition coefficient (Wildman–Crippen LogP) is 2.40. The van der Waals surface area contributed by atoms with E-state index in [9.17, 15) is 13.2 Å². The third-order valence-corrected chi connectivity index (χ3v) is 6.94. The molecule has 0 unspecified atom stereocenters. The van der Waals surface area contributed by atoms with E-state index in [-0.39, 0.29) is 24.0 Å². The zero-order chi connectivity index (χ0) is 23.0. The summed E-state index contributed by atoms with van der Waals surface area (Å²) in [6, 6.07) is 14.0. The fourth-order valence-corrected chi connectivity index (χ4v) is 4.69. The number of hydrogen-bond acceptors (Lipinski definition) is 6. The van der Waals surface area contributed by atoms with Crippen LogP contribution in [0.4, 0.5) is 0 Å². The number of para-hydroxylation sites is 1. The van der Waals surface area contributed by atoms with Gasteiger partial charge in [-0.2, -0.15) is 4.31 Å². The fourth-order valence-electron chi connectivity index (χ4n) is 3.29. The van der Waals surface area contributed by atoms with Crippen LogP contribution >= 0.6 is 0 Å². The standard InChI is InChI=1S/C23H30N2O6S/c1-18(2)21-5-3-4-6-22(21)31-17-23(26)24-11-14-30-19-7-9-20(10-8-19)32(27,28)25-12-15-29-16-13-25/h3-10,18H,11-17H2,1-2H3,(H,24,26). The van der Waals surface area contributed by atoms with E-state index < -0.39 is 10.0 Å². The van der Waals surface area contributed by atoms with E-state index in [1.807, 2.05) is 24.3 Å². The van der Waals surface area contributed by atoms with Crippen LogP contribution in [0, 0.1) is 0 Å². The van der Waals surface area contributed by atoms with Crippen molar-refractivity contribution in [3.05, 3.63) is 54.1 Å². The van der Waals surface area contributed by atoms with Gasteiger partial charge in [-0.1, -0.05) is 32.0 Å². The Morgan fingerprint density at radius 3 is 2.44 bits per heavy atom. The lowest BCUT2D eigenvalue weighted by Crippen LogP contribution is -2.40. The number of rotatable bonds is 10. The Morgan fingerprint density at radius 1 is 1.06 bits per heavy atom. The molecule has 32 heavy (non-hydrogen) atoms. The third kappa shape index (κ3) is 6.44. The van der Waals surface area contributed by atoms with Crippen LogP contribution in [0.15, 0.2) is 53.4 Å². The smallest absolute Gasteiger partial charge is 0.258 e. The lowest BCUT2D eigenvalue weighted by molar-refractivity contribution is -0.123. The molecule has 1 N–H and O–H groups in total. The molecular formula is C23H30N2O6S. The van der Waals surface area contributed by atoms with E-state index in [0.29, 0.717) is 50.3 Å². The largest absolute Gasteiger partial charge is 0.492 e. The Bertz CT molecular complexity index is 986. The maximum atomic E-state index is 12.6. The summed E-state index contributed by atoms with van der Waals surface area (Å²) in [6.07, 6.45) is 0. The zero-order valence-electron chi connectivity index (χ0n) is 18.5. The van der Waals surface area contributed by atoms with Crippen LogP contribution in [0.3, 0.4) is 0 Å². The van der Waals surface area contributed by atoms with Gasteiger partial charge in [0.2, 0.25) is 10.0 Å². The van der Waals surface area contributed by atoms with Gasteiger partial charge in [0.25, 0.3) is 5.91 Å². The number of benzene rings is 2. The third-order valence-electron chi connectivity index (χ3n) is 5.02. The van der Waals surface area contributed by atoms with Crippen LogP contribution in [-0.4, -0.2) is 64.7 Å². The van der Waals surface area contributed by atoms with Gasteiger partial charge in [0.1, 0.15) is 18.1 Å². The summed E-state index contributed by atoms with van der Waals surface area (Å²) in [4.78, 5) is 12.3. The summed E-state index contributed by atoms with van der Waals surface area (Å²) < 4.78 is 43.1. The molecule has 0 radical (unpaired) electrons. The van der Waals surface area contributed by atoms with Gasteiger partial charge in [-0.15, -0.1) is 0 Å². The molecule has 1 fully saturated rings. The van der Waals surface area contributed by atoms with E-state index in [1.54, 1.807) is 12.1 Å². The first-order valence-corrected chi connectivity index (χ1v) is 12.1. The molecule has 1 saturated heterocycles. The minimum absolute atomic E-state index is 0.0716. The summed E-state index contributed by atoms with van der Waals surface area (Å²) in [6.45, 7) is 6.15. The summed E-state index contributed by atoms with van der Waals surface area (Å²) in [5, 5.41) is 2.75. The Kier molecular flexibility index (Phi) is 8.49. The minimum atomic E-state index is -3.53. The van der Waals surface area contributed by atoms with E-state index in [2.05, 4.69) is 19.2 Å². The van der Waals surface area contributed by atoms with E-state index >= 15 is 0 Å². The summed E-state index contributed by atoms with van der Waals surface area (Å²) in [7, 11) is -3.53. The summed E-state index contributed by atoms with van der Waals surface area (Å²) in [5.74, 6) is 1.31.